The van der Waals surface area contributed by atoms with E-state index in [0.717, 1.165) is 19.3 Å². The predicted molar refractivity (Wildman–Crippen MR) is 183 cm³/mol. The molecule has 11 atom stereocenters. The van der Waals surface area contributed by atoms with Gasteiger partial charge in [0.2, 0.25) is 0 Å². The van der Waals surface area contributed by atoms with Gasteiger partial charge in [-0.05, 0) is 124 Å². The zero-order valence-corrected chi connectivity index (χ0v) is 31.3. The fourth-order valence-electron chi connectivity index (χ4n) is 10.4. The SMILES string of the molecule is CC.CC.CC.CC.CC(C)O.CC1CCC(C2CC[C@]3(C)C2C(O)CC2C4(C)CCC(O)C(C)(C)C4CCC23C)O1. The molecule has 0 bridgehead atoms. The third kappa shape index (κ3) is 7.79. The first-order valence-corrected chi connectivity index (χ1v) is 18.4. The highest BCUT2D eigenvalue weighted by molar-refractivity contribution is 5.19. The van der Waals surface area contributed by atoms with Crippen molar-refractivity contribution in [1.29, 1.82) is 0 Å². The average molecular weight is 599 g/mol. The second-order valence-electron chi connectivity index (χ2n) is 14.5. The summed E-state index contributed by atoms with van der Waals surface area (Å²) in [5.41, 5.74) is 0.674. The van der Waals surface area contributed by atoms with E-state index in [1.54, 1.807) is 13.8 Å². The molecular weight excluding hydrogens is 520 g/mol. The van der Waals surface area contributed by atoms with Crippen LogP contribution in [0.5, 0.6) is 0 Å². The molecule has 0 aromatic heterocycles. The van der Waals surface area contributed by atoms with E-state index >= 15 is 0 Å². The van der Waals surface area contributed by atoms with Crippen molar-refractivity contribution >= 4 is 0 Å². The van der Waals surface area contributed by atoms with Crippen LogP contribution < -0.4 is 0 Å². The zero-order valence-electron chi connectivity index (χ0n) is 31.3. The molecule has 5 rings (SSSR count). The summed E-state index contributed by atoms with van der Waals surface area (Å²) >= 11 is 0. The molecule has 4 aliphatic carbocycles. The van der Waals surface area contributed by atoms with Crippen LogP contribution in [0.4, 0.5) is 0 Å². The molecule has 4 saturated carbocycles. The molecule has 254 valence electrons. The summed E-state index contributed by atoms with van der Waals surface area (Å²) in [6.07, 6.45) is 10.5. The lowest BCUT2D eigenvalue weighted by Crippen LogP contribution is -2.66. The molecule has 10 unspecified atom stereocenters. The summed E-state index contributed by atoms with van der Waals surface area (Å²) < 4.78 is 6.36. The molecule has 4 nitrogen and oxygen atoms in total. The van der Waals surface area contributed by atoms with Crippen LogP contribution in [0, 0.1) is 45.3 Å². The molecule has 1 heterocycles. The summed E-state index contributed by atoms with van der Waals surface area (Å²) in [5, 5.41) is 30.5. The van der Waals surface area contributed by atoms with Crippen molar-refractivity contribution in [2.75, 3.05) is 0 Å². The van der Waals surface area contributed by atoms with Crippen molar-refractivity contribution in [3.8, 4) is 0 Å². The topological polar surface area (TPSA) is 69.9 Å². The van der Waals surface area contributed by atoms with Crippen LogP contribution in [0.1, 0.15) is 169 Å². The quantitative estimate of drug-likeness (QED) is 0.281. The molecule has 0 amide bonds. The van der Waals surface area contributed by atoms with E-state index in [1.807, 2.05) is 55.4 Å². The van der Waals surface area contributed by atoms with Gasteiger partial charge in [0.15, 0.2) is 0 Å². The normalized spacial score (nSPS) is 44.3. The number of aliphatic hydroxyl groups is 3. The van der Waals surface area contributed by atoms with Gasteiger partial charge in [-0.2, -0.15) is 0 Å². The molecule has 1 saturated heterocycles. The first kappa shape index (κ1) is 41.8. The second kappa shape index (κ2) is 17.5. The van der Waals surface area contributed by atoms with Crippen LogP contribution in [-0.2, 0) is 4.74 Å². The Labute approximate surface area is 264 Å². The average Bonchev–Trinajstić information content (AvgIpc) is 3.56. The van der Waals surface area contributed by atoms with Crippen molar-refractivity contribution in [3.05, 3.63) is 0 Å². The summed E-state index contributed by atoms with van der Waals surface area (Å²) in [7, 11) is 0. The molecule has 0 spiro atoms. The van der Waals surface area contributed by atoms with E-state index in [1.165, 1.54) is 38.5 Å². The first-order valence-electron chi connectivity index (χ1n) is 18.4. The third-order valence-corrected chi connectivity index (χ3v) is 12.2. The molecule has 0 aromatic rings. The minimum absolute atomic E-state index is 0.0247. The van der Waals surface area contributed by atoms with Crippen LogP contribution in [0.2, 0.25) is 0 Å². The minimum atomic E-state index is -0.203. The Morgan fingerprint density at radius 2 is 1.17 bits per heavy atom. The van der Waals surface area contributed by atoms with Gasteiger partial charge < -0.3 is 20.1 Å². The van der Waals surface area contributed by atoms with Gasteiger partial charge in [0.1, 0.15) is 0 Å². The van der Waals surface area contributed by atoms with Crippen molar-refractivity contribution in [1.82, 2.24) is 0 Å². The van der Waals surface area contributed by atoms with Crippen LogP contribution in [-0.4, -0.2) is 45.8 Å². The lowest BCUT2D eigenvalue weighted by atomic mass is 9.35. The van der Waals surface area contributed by atoms with Crippen molar-refractivity contribution in [2.45, 2.75) is 199 Å². The standard InChI is InChI=1S/C27H46O3.C3H8O.4C2H6/c1-16-7-8-19(30-16)17-9-13-27(6)23(17)18(28)15-21-25(4)12-11-22(29)24(2,3)20(25)10-14-26(21,27)5;1-3(2)4;4*1-2/h16-23,28-29H,7-15H2,1-6H3;3-4H,1-2H3;4*1-2H3/t16?,17?,18?,19?,20?,21?,22?,23?,25?,26?,27-;;;;;/m1...../s1. The van der Waals surface area contributed by atoms with E-state index in [9.17, 15) is 10.2 Å². The summed E-state index contributed by atoms with van der Waals surface area (Å²) in [6, 6.07) is 0. The summed E-state index contributed by atoms with van der Waals surface area (Å²) in [6.45, 7) is 33.9. The number of hydrogen-bond donors (Lipinski definition) is 3. The van der Waals surface area contributed by atoms with E-state index in [-0.39, 0.29) is 40.0 Å². The number of aliphatic hydroxyl groups excluding tert-OH is 3. The number of hydrogen-bond acceptors (Lipinski definition) is 4. The maximum atomic E-state index is 11.7. The largest absolute Gasteiger partial charge is 0.394 e. The van der Waals surface area contributed by atoms with E-state index in [4.69, 9.17) is 9.84 Å². The van der Waals surface area contributed by atoms with Gasteiger partial charge in [-0.1, -0.05) is 90.0 Å². The van der Waals surface area contributed by atoms with E-state index in [2.05, 4.69) is 41.5 Å². The monoisotopic (exact) mass is 599 g/mol. The van der Waals surface area contributed by atoms with Gasteiger partial charge in [0, 0.05) is 6.10 Å². The fraction of sp³-hybridized carbons (Fsp3) is 1.00. The van der Waals surface area contributed by atoms with Crippen LogP contribution in [0.15, 0.2) is 0 Å². The Balaban J connectivity index is 0.00000124. The molecule has 0 aromatic carbocycles. The molecule has 3 N–H and O–H groups in total. The lowest BCUT2D eigenvalue weighted by Gasteiger charge is -2.70. The maximum absolute atomic E-state index is 11.7. The van der Waals surface area contributed by atoms with Gasteiger partial charge in [-0.3, -0.25) is 0 Å². The highest BCUT2D eigenvalue weighted by atomic mass is 16.5. The Morgan fingerprint density at radius 3 is 1.64 bits per heavy atom. The molecule has 0 radical (unpaired) electrons. The van der Waals surface area contributed by atoms with Gasteiger partial charge in [0.05, 0.1) is 24.4 Å². The molecule has 42 heavy (non-hydrogen) atoms. The smallest absolute Gasteiger partial charge is 0.0611 e. The Morgan fingerprint density at radius 1 is 0.667 bits per heavy atom. The fourth-order valence-corrected chi connectivity index (χ4v) is 10.4. The van der Waals surface area contributed by atoms with Crippen molar-refractivity contribution in [2.24, 2.45) is 45.3 Å². The van der Waals surface area contributed by atoms with Crippen LogP contribution in [0.25, 0.3) is 0 Å². The van der Waals surface area contributed by atoms with Crippen molar-refractivity contribution < 1.29 is 20.1 Å². The van der Waals surface area contributed by atoms with Gasteiger partial charge in [0.25, 0.3) is 0 Å². The van der Waals surface area contributed by atoms with Crippen LogP contribution >= 0.6 is 0 Å². The molecule has 5 fully saturated rings. The minimum Gasteiger partial charge on any atom is -0.394 e. The Hall–Kier alpha value is -0.160. The van der Waals surface area contributed by atoms with Gasteiger partial charge in [-0.25, -0.2) is 0 Å². The van der Waals surface area contributed by atoms with Gasteiger partial charge in [-0.15, -0.1) is 0 Å². The predicted octanol–water partition coefficient (Wildman–Crippen LogP) is 10.1. The highest BCUT2D eigenvalue weighted by Gasteiger charge is 2.70. The van der Waals surface area contributed by atoms with Crippen LogP contribution in [0.3, 0.4) is 0 Å². The van der Waals surface area contributed by atoms with Crippen molar-refractivity contribution in [3.63, 3.8) is 0 Å². The molecule has 4 heteroatoms. The summed E-state index contributed by atoms with van der Waals surface area (Å²) in [4.78, 5) is 0. The Bertz CT molecular complexity index is 734. The second-order valence-corrected chi connectivity index (χ2v) is 14.5. The number of ether oxygens (including phenoxy) is 1. The van der Waals surface area contributed by atoms with E-state index < -0.39 is 0 Å². The first-order chi connectivity index (χ1) is 19.7. The van der Waals surface area contributed by atoms with E-state index in [0.29, 0.717) is 35.9 Å². The highest BCUT2D eigenvalue weighted by Crippen LogP contribution is 2.75. The molecular formula is C38H78O4. The Kier molecular flexibility index (Phi) is 17.4. The summed E-state index contributed by atoms with van der Waals surface area (Å²) in [5.74, 6) is 2.02. The lowest BCUT2D eigenvalue weighted by molar-refractivity contribution is -0.244. The molecule has 1 aliphatic heterocycles. The van der Waals surface area contributed by atoms with Gasteiger partial charge >= 0.3 is 0 Å². The number of fused-ring (bicyclic) bond motifs is 5. The number of rotatable bonds is 1. The maximum Gasteiger partial charge on any atom is 0.0611 e. The zero-order chi connectivity index (χ0) is 33.3. The third-order valence-electron chi connectivity index (χ3n) is 12.2. The molecule has 5 aliphatic rings.